The van der Waals surface area contributed by atoms with E-state index in [0.717, 1.165) is 11.8 Å². The van der Waals surface area contributed by atoms with Gasteiger partial charge in [0.2, 0.25) is 0 Å². The average Bonchev–Trinajstić information content (AvgIpc) is 3.17. The molecule has 1 amide bonds. The van der Waals surface area contributed by atoms with Crippen LogP contribution in [0.15, 0.2) is 39.7 Å². The first-order chi connectivity index (χ1) is 12.4. The highest BCUT2D eigenvalue weighted by molar-refractivity contribution is 8.26. The Morgan fingerprint density at radius 2 is 2.12 bits per heavy atom. The van der Waals surface area contributed by atoms with Gasteiger partial charge in [-0.25, -0.2) is 0 Å². The Hall–Kier alpha value is -1.80. The minimum Gasteiger partial charge on any atom is -0.468 e. The van der Waals surface area contributed by atoms with E-state index < -0.39 is 5.97 Å². The molecule has 1 aromatic heterocycles. The minimum absolute atomic E-state index is 0.222. The van der Waals surface area contributed by atoms with Crippen molar-refractivity contribution < 1.29 is 18.7 Å². The van der Waals surface area contributed by atoms with Crippen LogP contribution < -0.4 is 0 Å². The van der Waals surface area contributed by atoms with Crippen LogP contribution in [0.2, 0.25) is 10.0 Å². The summed E-state index contributed by atoms with van der Waals surface area (Å²) in [7, 11) is 1.25. The number of thiocarbonyl (C=S) groups is 1. The molecule has 0 radical (unpaired) electrons. The lowest BCUT2D eigenvalue weighted by Crippen LogP contribution is -2.33. The number of methoxy groups -OCH3 is 1. The van der Waals surface area contributed by atoms with Gasteiger partial charge in [-0.15, -0.1) is 0 Å². The van der Waals surface area contributed by atoms with Crippen LogP contribution in [0.25, 0.3) is 17.4 Å². The van der Waals surface area contributed by atoms with Gasteiger partial charge in [-0.1, -0.05) is 53.2 Å². The van der Waals surface area contributed by atoms with Crippen LogP contribution in [0.1, 0.15) is 5.76 Å². The highest BCUT2D eigenvalue weighted by Gasteiger charge is 2.33. The number of carbonyl (C=O) groups excluding carboxylic acids is 2. The molecule has 0 aliphatic carbocycles. The first-order valence-corrected chi connectivity index (χ1v) is 9.25. The number of hydrogen-bond acceptors (Lipinski definition) is 6. The molecule has 9 heteroatoms. The molecule has 0 bridgehead atoms. The van der Waals surface area contributed by atoms with E-state index in [1.165, 1.54) is 12.0 Å². The van der Waals surface area contributed by atoms with Crippen molar-refractivity contribution >= 4 is 69.5 Å². The van der Waals surface area contributed by atoms with Crippen LogP contribution in [-0.2, 0) is 14.3 Å². The highest BCUT2D eigenvalue weighted by atomic mass is 35.5. The van der Waals surface area contributed by atoms with E-state index in [1.54, 1.807) is 36.4 Å². The first kappa shape index (κ1) is 19.0. The number of furan rings is 1. The molecule has 134 valence electrons. The number of carbonyl (C=O) groups is 2. The second-order valence-electron chi connectivity index (χ2n) is 5.15. The Bertz CT molecular complexity index is 939. The van der Waals surface area contributed by atoms with Gasteiger partial charge < -0.3 is 9.15 Å². The number of ether oxygens (including phenoxy) is 1. The average molecular weight is 428 g/mol. The summed E-state index contributed by atoms with van der Waals surface area (Å²) >= 11 is 18.5. The van der Waals surface area contributed by atoms with Gasteiger partial charge in [0, 0.05) is 11.6 Å². The number of rotatable bonds is 4. The molecule has 0 unspecified atom stereocenters. The zero-order valence-electron chi connectivity index (χ0n) is 13.3. The maximum absolute atomic E-state index is 12.4. The lowest BCUT2D eigenvalue weighted by Gasteiger charge is -2.11. The second-order valence-corrected chi connectivity index (χ2v) is 7.61. The van der Waals surface area contributed by atoms with Gasteiger partial charge in [0.15, 0.2) is 0 Å². The molecule has 2 aromatic rings. The molecule has 26 heavy (non-hydrogen) atoms. The maximum atomic E-state index is 12.4. The predicted molar refractivity (Wildman–Crippen MR) is 106 cm³/mol. The van der Waals surface area contributed by atoms with Crippen molar-refractivity contribution in [3.8, 4) is 11.3 Å². The van der Waals surface area contributed by atoms with Gasteiger partial charge in [0.25, 0.3) is 5.91 Å². The van der Waals surface area contributed by atoms with Crippen LogP contribution in [0.5, 0.6) is 0 Å². The lowest BCUT2D eigenvalue weighted by molar-refractivity contribution is -0.143. The molecule has 1 aromatic carbocycles. The fraction of sp³-hybridized carbons (Fsp3) is 0.118. The molecule has 1 saturated heterocycles. The van der Waals surface area contributed by atoms with E-state index in [1.807, 2.05) is 0 Å². The van der Waals surface area contributed by atoms with Crippen LogP contribution in [-0.4, -0.2) is 34.8 Å². The third-order valence-corrected chi connectivity index (χ3v) is 5.70. The molecule has 0 saturated carbocycles. The van der Waals surface area contributed by atoms with Crippen molar-refractivity contribution in [1.29, 1.82) is 0 Å². The standard InChI is InChI=1S/C17H11Cl2NO4S2/c1-23-14(21)8-20-16(22)13(26-17(20)25)7-9-5-6-12(24-9)10-3-2-4-11(18)15(10)19/h2-7H,8H2,1H3/b13-7-. The topological polar surface area (TPSA) is 59.8 Å². The van der Waals surface area contributed by atoms with Crippen LogP contribution >= 0.6 is 47.2 Å². The number of nitrogens with zero attached hydrogens (tertiary/aromatic N) is 1. The SMILES string of the molecule is COC(=O)CN1C(=O)/C(=C/c2ccc(-c3cccc(Cl)c3Cl)o2)SC1=S. The van der Waals surface area contributed by atoms with E-state index in [-0.39, 0.29) is 16.8 Å². The quantitative estimate of drug-likeness (QED) is 0.402. The summed E-state index contributed by atoms with van der Waals surface area (Å²) in [5, 5.41) is 0.810. The van der Waals surface area contributed by atoms with Crippen molar-refractivity contribution in [2.45, 2.75) is 0 Å². The summed E-state index contributed by atoms with van der Waals surface area (Å²) in [5.41, 5.74) is 0.650. The largest absolute Gasteiger partial charge is 0.468 e. The molecule has 0 N–H and O–H groups in total. The third kappa shape index (κ3) is 3.81. The molecule has 0 spiro atoms. The van der Waals surface area contributed by atoms with Crippen molar-refractivity contribution in [2.24, 2.45) is 0 Å². The fourth-order valence-electron chi connectivity index (χ4n) is 2.23. The molecule has 5 nitrogen and oxygen atoms in total. The van der Waals surface area contributed by atoms with E-state index >= 15 is 0 Å². The van der Waals surface area contributed by atoms with Gasteiger partial charge in [0.1, 0.15) is 22.4 Å². The highest BCUT2D eigenvalue weighted by Crippen LogP contribution is 2.36. The van der Waals surface area contributed by atoms with E-state index in [9.17, 15) is 9.59 Å². The number of esters is 1. The number of halogens is 2. The lowest BCUT2D eigenvalue weighted by atomic mass is 10.2. The molecular formula is C17H11Cl2NO4S2. The number of benzene rings is 1. The maximum Gasteiger partial charge on any atom is 0.325 e. The predicted octanol–water partition coefficient (Wildman–Crippen LogP) is 4.63. The first-order valence-electron chi connectivity index (χ1n) is 7.27. The molecule has 0 atom stereocenters. The number of hydrogen-bond donors (Lipinski definition) is 0. The zero-order chi connectivity index (χ0) is 18.8. The fourth-order valence-corrected chi connectivity index (χ4v) is 3.86. The monoisotopic (exact) mass is 427 g/mol. The number of thioether (sulfide) groups is 1. The van der Waals surface area contributed by atoms with Gasteiger partial charge >= 0.3 is 5.97 Å². The van der Waals surface area contributed by atoms with Crippen molar-refractivity contribution in [2.75, 3.05) is 13.7 Å². The summed E-state index contributed by atoms with van der Waals surface area (Å²) in [6.45, 7) is -0.222. The Kier molecular flexibility index (Phi) is 5.72. The van der Waals surface area contributed by atoms with E-state index in [0.29, 0.717) is 32.0 Å². The summed E-state index contributed by atoms with van der Waals surface area (Å²) in [6.07, 6.45) is 1.57. The number of amides is 1. The summed E-state index contributed by atoms with van der Waals surface area (Å²) in [5.74, 6) is 0.0611. The van der Waals surface area contributed by atoms with Crippen LogP contribution in [0, 0.1) is 0 Å². The van der Waals surface area contributed by atoms with Crippen LogP contribution in [0.3, 0.4) is 0 Å². The molecule has 1 aliphatic heterocycles. The van der Waals surface area contributed by atoms with Crippen molar-refractivity contribution in [3.63, 3.8) is 0 Å². The Morgan fingerprint density at radius 3 is 2.85 bits per heavy atom. The van der Waals surface area contributed by atoms with E-state index in [2.05, 4.69) is 4.74 Å². The summed E-state index contributed by atoms with van der Waals surface area (Å²) < 4.78 is 10.6. The zero-order valence-corrected chi connectivity index (χ0v) is 16.5. The van der Waals surface area contributed by atoms with Gasteiger partial charge in [-0.3, -0.25) is 14.5 Å². The second kappa shape index (κ2) is 7.84. The Labute approximate surface area is 168 Å². The molecule has 3 rings (SSSR count). The third-order valence-electron chi connectivity index (χ3n) is 3.51. The van der Waals surface area contributed by atoms with Gasteiger partial charge in [0.05, 0.1) is 22.1 Å². The van der Waals surface area contributed by atoms with Crippen molar-refractivity contribution in [1.82, 2.24) is 4.90 Å². The van der Waals surface area contributed by atoms with E-state index in [4.69, 9.17) is 39.8 Å². The summed E-state index contributed by atoms with van der Waals surface area (Å²) in [4.78, 5) is 25.4. The Balaban J connectivity index is 1.84. The Morgan fingerprint density at radius 1 is 1.35 bits per heavy atom. The molecular weight excluding hydrogens is 417 g/mol. The minimum atomic E-state index is -0.543. The van der Waals surface area contributed by atoms with Crippen LogP contribution in [0.4, 0.5) is 0 Å². The molecule has 1 aliphatic rings. The van der Waals surface area contributed by atoms with Gasteiger partial charge in [-0.2, -0.15) is 0 Å². The molecule has 1 fully saturated rings. The molecule has 2 heterocycles. The normalized spacial score (nSPS) is 15.8. The van der Waals surface area contributed by atoms with Gasteiger partial charge in [-0.05, 0) is 24.3 Å². The smallest absolute Gasteiger partial charge is 0.325 e. The summed E-state index contributed by atoms with van der Waals surface area (Å²) in [6, 6.07) is 8.68. The van der Waals surface area contributed by atoms with Crippen molar-refractivity contribution in [3.05, 3.63) is 51.0 Å².